The molecule has 1 unspecified atom stereocenters. The van der Waals surface area contributed by atoms with Gasteiger partial charge in [0.15, 0.2) is 0 Å². The second kappa shape index (κ2) is 11.6. The Labute approximate surface area is 158 Å². The van der Waals surface area contributed by atoms with E-state index in [2.05, 4.69) is 24.2 Å². The van der Waals surface area contributed by atoms with Crippen molar-refractivity contribution in [3.63, 3.8) is 0 Å². The fourth-order valence-corrected chi connectivity index (χ4v) is 5.12. The minimum absolute atomic E-state index is 0.0301. The zero-order chi connectivity index (χ0) is 17.9. The highest BCUT2D eigenvalue weighted by atomic mass is 32.2. The molecule has 1 aromatic carbocycles. The van der Waals surface area contributed by atoms with Crippen molar-refractivity contribution in [2.45, 2.75) is 54.1 Å². The number of rotatable bonds is 10. The van der Waals surface area contributed by atoms with E-state index in [1.54, 1.807) is 29.7 Å². The van der Waals surface area contributed by atoms with E-state index in [0.29, 0.717) is 13.0 Å². The van der Waals surface area contributed by atoms with E-state index in [0.717, 1.165) is 23.3 Å². The van der Waals surface area contributed by atoms with Crippen molar-refractivity contribution in [2.75, 3.05) is 19.8 Å². The summed E-state index contributed by atoms with van der Waals surface area (Å²) >= 11 is 3.31. The minimum Gasteiger partial charge on any atom is -0.396 e. The van der Waals surface area contributed by atoms with Crippen LogP contribution in [0.4, 0.5) is 0 Å². The number of hydrogen-bond acceptors (Lipinski definition) is 6. The highest BCUT2D eigenvalue weighted by molar-refractivity contribution is 8.08. The van der Waals surface area contributed by atoms with Crippen LogP contribution in [0, 0.1) is 0 Å². The van der Waals surface area contributed by atoms with Gasteiger partial charge in [-0.15, -0.1) is 11.8 Å². The van der Waals surface area contributed by atoms with Gasteiger partial charge in [-0.25, -0.2) is 0 Å². The first-order chi connectivity index (χ1) is 12.3. The van der Waals surface area contributed by atoms with Crippen molar-refractivity contribution < 1.29 is 15.1 Å². The lowest BCUT2D eigenvalue weighted by molar-refractivity contribution is 0.141. The molecule has 0 fully saturated rings. The molecule has 2 rings (SSSR count). The molecular weight excluding hydrogens is 354 g/mol. The van der Waals surface area contributed by atoms with Gasteiger partial charge in [-0.05, 0) is 37.0 Å². The second-order valence-electron chi connectivity index (χ2n) is 5.83. The normalized spacial score (nSPS) is 19.1. The van der Waals surface area contributed by atoms with E-state index in [1.807, 2.05) is 12.1 Å². The maximum atomic E-state index is 9.79. The molecule has 1 aromatic rings. The molecule has 1 aliphatic heterocycles. The summed E-state index contributed by atoms with van der Waals surface area (Å²) in [5.74, 6) is 0. The van der Waals surface area contributed by atoms with Crippen LogP contribution >= 0.6 is 23.5 Å². The van der Waals surface area contributed by atoms with Crippen LogP contribution in [0.3, 0.4) is 0 Å². The molecule has 1 heterocycles. The molecule has 1 atom stereocenters. The van der Waals surface area contributed by atoms with Crippen molar-refractivity contribution in [1.29, 1.82) is 0 Å². The van der Waals surface area contributed by atoms with Crippen molar-refractivity contribution in [2.24, 2.45) is 5.16 Å². The Morgan fingerprint density at radius 2 is 2.00 bits per heavy atom. The van der Waals surface area contributed by atoms with Gasteiger partial charge in [0, 0.05) is 21.3 Å². The Balaban J connectivity index is 2.07. The van der Waals surface area contributed by atoms with Gasteiger partial charge in [-0.3, -0.25) is 0 Å². The predicted octanol–water partition coefficient (Wildman–Crippen LogP) is 4.46. The summed E-state index contributed by atoms with van der Waals surface area (Å²) in [7, 11) is 0. The van der Waals surface area contributed by atoms with Crippen molar-refractivity contribution in [3.8, 4) is 0 Å². The van der Waals surface area contributed by atoms with Crippen LogP contribution in [0.25, 0.3) is 0 Å². The molecule has 0 amide bonds. The fraction of sp³-hybridized carbons (Fsp3) is 0.526. The van der Waals surface area contributed by atoms with Crippen LogP contribution in [-0.4, -0.2) is 41.5 Å². The average Bonchev–Trinajstić information content (AvgIpc) is 2.65. The fourth-order valence-electron chi connectivity index (χ4n) is 2.53. The minimum atomic E-state index is -0.0301. The monoisotopic (exact) mass is 381 g/mol. The van der Waals surface area contributed by atoms with Gasteiger partial charge in [0.2, 0.25) is 0 Å². The summed E-state index contributed by atoms with van der Waals surface area (Å²) in [5, 5.41) is 23.3. The molecule has 0 saturated heterocycles. The van der Waals surface area contributed by atoms with Crippen LogP contribution in [0.1, 0.15) is 39.0 Å². The van der Waals surface area contributed by atoms with E-state index in [9.17, 15) is 10.2 Å². The lowest BCUT2D eigenvalue weighted by Gasteiger charge is -2.26. The Bertz CT molecular complexity index is 590. The number of unbranched alkanes of at least 4 members (excludes halogenated alkanes) is 3. The highest BCUT2D eigenvalue weighted by Crippen LogP contribution is 2.48. The number of nitrogens with zero attached hydrogens (tertiary/aromatic N) is 1. The molecule has 0 radical (unpaired) electrons. The van der Waals surface area contributed by atoms with Crippen molar-refractivity contribution in [3.05, 3.63) is 34.7 Å². The van der Waals surface area contributed by atoms with E-state index >= 15 is 0 Å². The third-order valence-electron chi connectivity index (χ3n) is 3.87. The maximum Gasteiger partial charge on any atom is 0.117 e. The first-order valence-electron chi connectivity index (χ1n) is 8.83. The third-order valence-corrected chi connectivity index (χ3v) is 6.77. The second-order valence-corrected chi connectivity index (χ2v) is 8.16. The summed E-state index contributed by atoms with van der Waals surface area (Å²) in [6.45, 7) is 2.91. The molecule has 25 heavy (non-hydrogen) atoms. The number of thioether (sulfide) groups is 2. The summed E-state index contributed by atoms with van der Waals surface area (Å²) in [6.07, 6.45) is 6.80. The molecule has 1 aliphatic rings. The van der Waals surface area contributed by atoms with E-state index in [1.165, 1.54) is 22.6 Å². The Hall–Kier alpha value is -0.950. The van der Waals surface area contributed by atoms with Gasteiger partial charge in [-0.2, -0.15) is 0 Å². The van der Waals surface area contributed by atoms with Gasteiger partial charge in [0.05, 0.1) is 18.1 Å². The lowest BCUT2D eigenvalue weighted by atomic mass is 10.1. The standard InChI is InChI=1S/C19H27NO3S2/c1-2-3-4-7-12-23-20-13-15(10-11-21)19-18(14-22)24-16-8-5-6-9-17(16)25-19/h5-6,8-9,13,18,21-22H,2-4,7,10-12,14H2,1H3/b19-15-,20-13+. The molecular formula is C19H27NO3S2. The smallest absolute Gasteiger partial charge is 0.117 e. The van der Waals surface area contributed by atoms with Gasteiger partial charge >= 0.3 is 0 Å². The predicted molar refractivity (Wildman–Crippen MR) is 106 cm³/mol. The molecule has 0 aromatic heterocycles. The van der Waals surface area contributed by atoms with Gasteiger partial charge in [0.1, 0.15) is 6.61 Å². The molecule has 0 saturated carbocycles. The highest BCUT2D eigenvalue weighted by Gasteiger charge is 2.26. The summed E-state index contributed by atoms with van der Waals surface area (Å²) < 4.78 is 0. The van der Waals surface area contributed by atoms with Gasteiger partial charge in [-0.1, -0.05) is 48.8 Å². The molecule has 138 valence electrons. The largest absolute Gasteiger partial charge is 0.396 e. The van der Waals surface area contributed by atoms with Crippen LogP contribution in [-0.2, 0) is 4.84 Å². The topological polar surface area (TPSA) is 62.0 Å². The van der Waals surface area contributed by atoms with Crippen LogP contribution < -0.4 is 0 Å². The molecule has 0 bridgehead atoms. The zero-order valence-electron chi connectivity index (χ0n) is 14.7. The van der Waals surface area contributed by atoms with Crippen LogP contribution in [0.15, 0.2) is 49.7 Å². The van der Waals surface area contributed by atoms with E-state index < -0.39 is 0 Å². The molecule has 4 nitrogen and oxygen atoms in total. The average molecular weight is 382 g/mol. The Morgan fingerprint density at radius 3 is 2.72 bits per heavy atom. The van der Waals surface area contributed by atoms with Gasteiger partial charge in [0.25, 0.3) is 0 Å². The molecule has 6 heteroatoms. The van der Waals surface area contributed by atoms with Crippen molar-refractivity contribution >= 4 is 29.7 Å². The maximum absolute atomic E-state index is 9.79. The van der Waals surface area contributed by atoms with Gasteiger partial charge < -0.3 is 15.1 Å². The van der Waals surface area contributed by atoms with Crippen LogP contribution in [0.5, 0.6) is 0 Å². The van der Waals surface area contributed by atoms with E-state index in [4.69, 9.17) is 4.84 Å². The number of hydrogen-bond donors (Lipinski definition) is 2. The zero-order valence-corrected chi connectivity index (χ0v) is 16.3. The Morgan fingerprint density at radius 1 is 1.20 bits per heavy atom. The first-order valence-corrected chi connectivity index (χ1v) is 10.5. The quantitative estimate of drug-likeness (QED) is 0.356. The summed E-state index contributed by atoms with van der Waals surface area (Å²) in [5.41, 5.74) is 0.933. The molecule has 0 spiro atoms. The lowest BCUT2D eigenvalue weighted by Crippen LogP contribution is -2.16. The third kappa shape index (κ3) is 6.37. The SMILES string of the molecule is CCCCCCO/N=C/C(CCO)=C1\Sc2ccccc2SC1CO. The van der Waals surface area contributed by atoms with Crippen molar-refractivity contribution in [1.82, 2.24) is 0 Å². The Kier molecular flexibility index (Phi) is 9.47. The number of oxime groups is 1. The number of aliphatic hydroxyl groups is 2. The number of benzene rings is 1. The summed E-state index contributed by atoms with van der Waals surface area (Å²) in [6, 6.07) is 8.19. The first kappa shape index (κ1) is 20.4. The summed E-state index contributed by atoms with van der Waals surface area (Å²) in [4.78, 5) is 8.78. The molecule has 0 aliphatic carbocycles. The molecule has 2 N–H and O–H groups in total. The van der Waals surface area contributed by atoms with Crippen LogP contribution in [0.2, 0.25) is 0 Å². The number of fused-ring (bicyclic) bond motifs is 1. The number of aliphatic hydroxyl groups excluding tert-OH is 2. The van der Waals surface area contributed by atoms with E-state index in [-0.39, 0.29) is 18.5 Å².